The number of hydrogen-bond acceptors (Lipinski definition) is 2. The van der Waals surface area contributed by atoms with E-state index in [9.17, 15) is 4.79 Å². The molecule has 0 fully saturated rings. The van der Waals surface area contributed by atoms with Gasteiger partial charge in [-0.1, -0.05) is 24.3 Å². The van der Waals surface area contributed by atoms with E-state index < -0.39 is 0 Å². The van der Waals surface area contributed by atoms with Crippen LogP contribution in [0.3, 0.4) is 0 Å². The molecular weight excluding hydrogens is 238 g/mol. The van der Waals surface area contributed by atoms with E-state index in [-0.39, 0.29) is 5.91 Å². The number of rotatable bonds is 3. The predicted molar refractivity (Wildman–Crippen MR) is 73.7 cm³/mol. The molecular formula is C15H13N3O. The number of aromatic nitrogens is 2. The molecule has 2 N–H and O–H groups in total. The van der Waals surface area contributed by atoms with Crippen molar-refractivity contribution in [2.45, 2.75) is 6.54 Å². The van der Waals surface area contributed by atoms with Crippen LogP contribution in [-0.2, 0) is 6.54 Å². The van der Waals surface area contributed by atoms with E-state index in [4.69, 9.17) is 0 Å². The lowest BCUT2D eigenvalue weighted by Gasteiger charge is -2.04. The number of H-pyrrole nitrogens is 1. The van der Waals surface area contributed by atoms with Crippen molar-refractivity contribution >= 4 is 16.8 Å². The van der Waals surface area contributed by atoms with Crippen molar-refractivity contribution in [2.24, 2.45) is 0 Å². The second-order valence-electron chi connectivity index (χ2n) is 4.26. The molecule has 1 amide bonds. The summed E-state index contributed by atoms with van der Waals surface area (Å²) < 4.78 is 0. The van der Waals surface area contributed by atoms with Crippen LogP contribution in [0.5, 0.6) is 0 Å². The molecule has 2 heterocycles. The minimum absolute atomic E-state index is 0.125. The average molecular weight is 251 g/mol. The number of amides is 1. The number of carbonyl (C=O) groups is 1. The fourth-order valence-electron chi connectivity index (χ4n) is 1.94. The zero-order chi connectivity index (χ0) is 13.1. The molecule has 0 saturated carbocycles. The average Bonchev–Trinajstić information content (AvgIpc) is 2.99. The molecule has 0 aliphatic heterocycles. The highest BCUT2D eigenvalue weighted by Crippen LogP contribution is 2.11. The third-order valence-corrected chi connectivity index (χ3v) is 2.93. The number of fused-ring (bicyclic) bond motifs is 1. The van der Waals surface area contributed by atoms with Crippen LogP contribution in [0.1, 0.15) is 16.2 Å². The normalized spacial score (nSPS) is 10.5. The van der Waals surface area contributed by atoms with E-state index >= 15 is 0 Å². The van der Waals surface area contributed by atoms with Crippen molar-refractivity contribution < 1.29 is 4.79 Å². The van der Waals surface area contributed by atoms with E-state index in [1.165, 1.54) is 0 Å². The van der Waals surface area contributed by atoms with Crippen LogP contribution >= 0.6 is 0 Å². The van der Waals surface area contributed by atoms with Gasteiger partial charge in [-0.2, -0.15) is 0 Å². The third kappa shape index (κ3) is 2.47. The molecule has 0 bridgehead atoms. The van der Waals surface area contributed by atoms with E-state index in [0.29, 0.717) is 12.2 Å². The maximum atomic E-state index is 11.8. The summed E-state index contributed by atoms with van der Waals surface area (Å²) in [5.74, 6) is -0.125. The number of hydrogen-bond donors (Lipinski definition) is 2. The van der Waals surface area contributed by atoms with Crippen molar-refractivity contribution in [3.63, 3.8) is 0 Å². The van der Waals surface area contributed by atoms with E-state index in [1.54, 1.807) is 18.3 Å². The molecule has 3 rings (SSSR count). The molecule has 3 aromatic rings. The number of nitrogens with one attached hydrogen (secondary N) is 2. The van der Waals surface area contributed by atoms with Gasteiger partial charge in [-0.05, 0) is 24.3 Å². The molecule has 2 aromatic heterocycles. The quantitative estimate of drug-likeness (QED) is 0.751. The summed E-state index contributed by atoms with van der Waals surface area (Å²) in [6, 6.07) is 15.4. The third-order valence-electron chi connectivity index (χ3n) is 2.93. The largest absolute Gasteiger partial charge is 0.357 e. The number of nitrogens with zero attached hydrogens (tertiary/aromatic N) is 1. The Morgan fingerprint density at radius 1 is 1.11 bits per heavy atom. The van der Waals surface area contributed by atoms with Crippen LogP contribution in [0.15, 0.2) is 54.7 Å². The van der Waals surface area contributed by atoms with Gasteiger partial charge in [0.15, 0.2) is 0 Å². The minimum Gasteiger partial charge on any atom is -0.357 e. The maximum absolute atomic E-state index is 11.8. The smallest absolute Gasteiger partial charge is 0.268 e. The topological polar surface area (TPSA) is 57.8 Å². The SMILES string of the molecule is O=C(NCc1ccc2ccccc2n1)c1ccc[nH]1. The van der Waals surface area contributed by atoms with Crippen molar-refractivity contribution in [1.82, 2.24) is 15.3 Å². The number of benzene rings is 1. The Morgan fingerprint density at radius 3 is 2.84 bits per heavy atom. The Labute approximate surface area is 110 Å². The zero-order valence-corrected chi connectivity index (χ0v) is 10.3. The zero-order valence-electron chi connectivity index (χ0n) is 10.3. The van der Waals surface area contributed by atoms with Gasteiger partial charge in [-0.3, -0.25) is 9.78 Å². The molecule has 0 aliphatic carbocycles. The summed E-state index contributed by atoms with van der Waals surface area (Å²) in [5, 5.41) is 3.93. The molecule has 1 aromatic carbocycles. The Balaban J connectivity index is 1.73. The molecule has 19 heavy (non-hydrogen) atoms. The molecule has 0 spiro atoms. The summed E-state index contributed by atoms with van der Waals surface area (Å²) >= 11 is 0. The van der Waals surface area contributed by atoms with Gasteiger partial charge in [-0.25, -0.2) is 0 Å². The molecule has 0 aliphatic rings. The number of aromatic amines is 1. The Kier molecular flexibility index (Phi) is 2.98. The van der Waals surface area contributed by atoms with Crippen molar-refractivity contribution in [1.29, 1.82) is 0 Å². The van der Waals surface area contributed by atoms with Crippen molar-refractivity contribution in [3.05, 3.63) is 66.1 Å². The standard InChI is InChI=1S/C15H13N3O/c19-15(14-6-3-9-16-14)17-10-12-8-7-11-4-1-2-5-13(11)18-12/h1-9,16H,10H2,(H,17,19). The lowest BCUT2D eigenvalue weighted by Crippen LogP contribution is -2.23. The Hall–Kier alpha value is -2.62. The van der Waals surface area contributed by atoms with Gasteiger partial charge in [0.1, 0.15) is 5.69 Å². The predicted octanol–water partition coefficient (Wildman–Crippen LogP) is 2.49. The molecule has 0 saturated heterocycles. The minimum atomic E-state index is -0.125. The van der Waals surface area contributed by atoms with Gasteiger partial charge in [0.05, 0.1) is 17.8 Å². The molecule has 0 unspecified atom stereocenters. The van der Waals surface area contributed by atoms with Gasteiger partial charge in [0.2, 0.25) is 0 Å². The number of carbonyl (C=O) groups excluding carboxylic acids is 1. The van der Waals surface area contributed by atoms with Crippen LogP contribution in [0, 0.1) is 0 Å². The highest BCUT2D eigenvalue weighted by molar-refractivity contribution is 5.92. The summed E-state index contributed by atoms with van der Waals surface area (Å²) in [4.78, 5) is 19.1. The molecule has 94 valence electrons. The molecule has 4 heteroatoms. The van der Waals surface area contributed by atoms with Gasteiger partial charge in [0.25, 0.3) is 5.91 Å². The van der Waals surface area contributed by atoms with Crippen molar-refractivity contribution in [3.8, 4) is 0 Å². The van der Waals surface area contributed by atoms with Crippen molar-refractivity contribution in [2.75, 3.05) is 0 Å². The number of pyridine rings is 1. The monoisotopic (exact) mass is 251 g/mol. The first-order valence-corrected chi connectivity index (χ1v) is 6.09. The molecule has 0 radical (unpaired) electrons. The van der Waals surface area contributed by atoms with E-state index in [0.717, 1.165) is 16.6 Å². The second kappa shape index (κ2) is 4.94. The first kappa shape index (κ1) is 11.5. The van der Waals surface area contributed by atoms with Crippen LogP contribution < -0.4 is 5.32 Å². The fourth-order valence-corrected chi connectivity index (χ4v) is 1.94. The first-order valence-electron chi connectivity index (χ1n) is 6.09. The lowest BCUT2D eigenvalue weighted by molar-refractivity contribution is 0.0946. The summed E-state index contributed by atoms with van der Waals surface area (Å²) in [6.07, 6.45) is 1.73. The van der Waals surface area contributed by atoms with E-state index in [2.05, 4.69) is 15.3 Å². The van der Waals surface area contributed by atoms with E-state index in [1.807, 2.05) is 36.4 Å². The van der Waals surface area contributed by atoms with Crippen LogP contribution in [0.2, 0.25) is 0 Å². The second-order valence-corrected chi connectivity index (χ2v) is 4.26. The Bertz CT molecular complexity index is 704. The molecule has 4 nitrogen and oxygen atoms in total. The highest BCUT2D eigenvalue weighted by atomic mass is 16.1. The first-order chi connectivity index (χ1) is 9.33. The summed E-state index contributed by atoms with van der Waals surface area (Å²) in [6.45, 7) is 0.419. The lowest BCUT2D eigenvalue weighted by atomic mass is 10.2. The van der Waals surface area contributed by atoms with Gasteiger partial charge in [0, 0.05) is 11.6 Å². The number of para-hydroxylation sites is 1. The van der Waals surface area contributed by atoms with Crippen LogP contribution in [0.25, 0.3) is 10.9 Å². The molecule has 0 atom stereocenters. The van der Waals surface area contributed by atoms with Crippen LogP contribution in [0.4, 0.5) is 0 Å². The highest BCUT2D eigenvalue weighted by Gasteiger charge is 2.05. The summed E-state index contributed by atoms with van der Waals surface area (Å²) in [5.41, 5.74) is 2.34. The fraction of sp³-hybridized carbons (Fsp3) is 0.0667. The van der Waals surface area contributed by atoms with Crippen LogP contribution in [-0.4, -0.2) is 15.9 Å². The Morgan fingerprint density at radius 2 is 2.00 bits per heavy atom. The van der Waals surface area contributed by atoms with Gasteiger partial charge >= 0.3 is 0 Å². The van der Waals surface area contributed by atoms with Gasteiger partial charge < -0.3 is 10.3 Å². The summed E-state index contributed by atoms with van der Waals surface area (Å²) in [7, 11) is 0. The maximum Gasteiger partial charge on any atom is 0.268 e. The van der Waals surface area contributed by atoms with Gasteiger partial charge in [-0.15, -0.1) is 0 Å².